The summed E-state index contributed by atoms with van der Waals surface area (Å²) < 4.78 is 0. The molecule has 0 rings (SSSR count). The van der Waals surface area contributed by atoms with Crippen molar-refractivity contribution in [3.05, 3.63) is 7.43 Å². The normalized spacial score (nSPS) is 4.00. The van der Waals surface area contributed by atoms with Crippen LogP contribution in [0.15, 0.2) is 0 Å². The van der Waals surface area contributed by atoms with Crippen molar-refractivity contribution in [1.29, 1.82) is 0 Å². The van der Waals surface area contributed by atoms with Gasteiger partial charge in [-0.05, 0) is 0 Å². The van der Waals surface area contributed by atoms with Gasteiger partial charge in [-0.15, -0.1) is 0 Å². The molecule has 0 aliphatic carbocycles. The molecule has 0 aromatic rings. The minimum atomic E-state index is 0. The van der Waals surface area contributed by atoms with Gasteiger partial charge in [-0.2, -0.15) is 0 Å². The molecule has 0 aliphatic heterocycles. The molecule has 0 saturated heterocycles. The van der Waals surface area contributed by atoms with Crippen molar-refractivity contribution in [3.8, 4) is 0 Å². The van der Waals surface area contributed by atoms with E-state index in [-0.39, 0.29) is 7.43 Å². The molecule has 4 heavy (non-hydrogen) atoms. The molecule has 0 nitrogen and oxygen atoms in total. The molecule has 0 aromatic heterocycles. The van der Waals surface area contributed by atoms with E-state index in [1.54, 1.807) is 0 Å². The molecule has 24 valence electrons. The maximum absolute atomic E-state index is 4.21. The van der Waals surface area contributed by atoms with E-state index >= 15 is 0 Å². The fourth-order valence-electron chi connectivity index (χ4n) is 0. The maximum atomic E-state index is 4.21. The summed E-state index contributed by atoms with van der Waals surface area (Å²) in [6, 6.07) is 0. The summed E-state index contributed by atoms with van der Waals surface area (Å²) in [4.78, 5) is 0. The van der Waals surface area contributed by atoms with Crippen LogP contribution < -0.4 is 0 Å². The molecule has 3 heteroatoms. The predicted octanol–water partition coefficient (Wildman–Crippen LogP) is 1.38. The van der Waals surface area contributed by atoms with Crippen molar-refractivity contribution in [2.24, 2.45) is 0 Å². The standard InChI is InChI=1S/C.Fe.2S. The summed E-state index contributed by atoms with van der Waals surface area (Å²) in [6.45, 7) is 0. The third kappa shape index (κ3) is 12.3. The molecule has 0 fully saturated rings. The van der Waals surface area contributed by atoms with Gasteiger partial charge < -0.3 is 0 Å². The first-order valence-corrected chi connectivity index (χ1v) is 3.57. The third-order valence-electron chi connectivity index (χ3n) is 0. The Labute approximate surface area is 40.5 Å². The van der Waals surface area contributed by atoms with Crippen molar-refractivity contribution in [1.82, 2.24) is 0 Å². The topological polar surface area (TPSA) is 0 Å². The van der Waals surface area contributed by atoms with Crippen molar-refractivity contribution in [3.63, 3.8) is 0 Å². The van der Waals surface area contributed by atoms with Gasteiger partial charge in [-0.3, -0.25) is 0 Å². The van der Waals surface area contributed by atoms with Crippen LogP contribution in [0, 0.1) is 7.43 Å². The van der Waals surface area contributed by atoms with Crippen LogP contribution in [-0.2, 0) is 11.7 Å². The van der Waals surface area contributed by atoms with E-state index in [0.717, 1.165) is 0 Å². The summed E-state index contributed by atoms with van der Waals surface area (Å²) in [5.41, 5.74) is 0. The average Bonchev–Trinajstić information content (AvgIpc) is 0.918. The Morgan fingerprint density at radius 2 is 1.25 bits per heavy atom. The Morgan fingerprint density at radius 1 is 1.25 bits per heavy atom. The zero-order chi connectivity index (χ0) is 2.71. The van der Waals surface area contributed by atoms with Crippen LogP contribution in [0.3, 0.4) is 0 Å². The number of hydrogen-bond acceptors (Lipinski definition) is 2. The van der Waals surface area contributed by atoms with Gasteiger partial charge in [0.2, 0.25) is 0 Å². The van der Waals surface area contributed by atoms with E-state index in [0.29, 0.717) is 11.7 Å². The Bertz CT molecular complexity index is 27.0. The van der Waals surface area contributed by atoms with Crippen LogP contribution >= 0.6 is 21.1 Å². The first-order chi connectivity index (χ1) is 1.41. The zero-order valence-electron chi connectivity index (χ0n) is 1.67. The predicted molar refractivity (Wildman–Crippen MR) is 18.4 cm³/mol. The summed E-state index contributed by atoms with van der Waals surface area (Å²) in [6.07, 6.45) is 0. The molecule has 0 atom stereocenters. The van der Waals surface area contributed by atoms with Crippen LogP contribution in [0.4, 0.5) is 0 Å². The summed E-state index contributed by atoms with van der Waals surface area (Å²) in [5.74, 6) is 0. The quantitative estimate of drug-likeness (QED) is 0.456. The second-order valence-electron chi connectivity index (χ2n) is 0.0589. The first kappa shape index (κ1) is 8.88. The number of rotatable bonds is 0. The van der Waals surface area contributed by atoms with E-state index in [1.807, 2.05) is 0 Å². The molecule has 0 aliphatic rings. The SMILES string of the molecule is [C].[S]=[Fe]=[S]. The van der Waals surface area contributed by atoms with Gasteiger partial charge >= 0.3 is 32.8 Å². The molecule has 0 aromatic carbocycles. The third-order valence-corrected chi connectivity index (χ3v) is 0. The fraction of sp³-hybridized carbons (Fsp3) is 0. The molecule has 4 radical (unpaired) electrons. The van der Waals surface area contributed by atoms with Gasteiger partial charge in [0.25, 0.3) is 0 Å². The monoisotopic (exact) mass is 132 g/mol. The Hall–Kier alpha value is 0.959. The second-order valence-corrected chi connectivity index (χ2v) is 2.19. The number of hydrogen-bond donors (Lipinski definition) is 0. The van der Waals surface area contributed by atoms with E-state index in [9.17, 15) is 0 Å². The molecule has 0 spiro atoms. The average molecular weight is 132 g/mol. The van der Waals surface area contributed by atoms with E-state index in [2.05, 4.69) is 21.1 Å². The molecule has 0 N–H and O–H groups in total. The zero-order valence-corrected chi connectivity index (χ0v) is 4.41. The molecule has 0 heterocycles. The van der Waals surface area contributed by atoms with E-state index in [4.69, 9.17) is 0 Å². The Balaban J connectivity index is 0. The van der Waals surface area contributed by atoms with Crippen LogP contribution in [0.5, 0.6) is 0 Å². The summed E-state index contributed by atoms with van der Waals surface area (Å²) in [5, 5.41) is 0. The van der Waals surface area contributed by atoms with Gasteiger partial charge in [-0.25, -0.2) is 0 Å². The van der Waals surface area contributed by atoms with Crippen molar-refractivity contribution in [2.45, 2.75) is 0 Å². The second kappa shape index (κ2) is 9.03. The van der Waals surface area contributed by atoms with Gasteiger partial charge in [0.05, 0.1) is 0 Å². The van der Waals surface area contributed by atoms with E-state index in [1.165, 1.54) is 0 Å². The van der Waals surface area contributed by atoms with Crippen molar-refractivity contribution in [2.75, 3.05) is 0 Å². The molecule has 0 saturated carbocycles. The molecular formula is CFeS2. The Morgan fingerprint density at radius 3 is 1.25 bits per heavy atom. The summed E-state index contributed by atoms with van der Waals surface area (Å²) >= 11 is 0.417. The minimum absolute atomic E-state index is 0. The molecule has 0 amide bonds. The van der Waals surface area contributed by atoms with Gasteiger partial charge in [0.1, 0.15) is 0 Å². The fourth-order valence-corrected chi connectivity index (χ4v) is 0. The summed E-state index contributed by atoms with van der Waals surface area (Å²) in [7, 11) is 8.42. The molecular weight excluding hydrogens is 132 g/mol. The van der Waals surface area contributed by atoms with Gasteiger partial charge in [0.15, 0.2) is 0 Å². The molecule has 0 unspecified atom stereocenters. The van der Waals surface area contributed by atoms with Crippen LogP contribution in [0.1, 0.15) is 0 Å². The Kier molecular flexibility index (Phi) is 20.0. The van der Waals surface area contributed by atoms with Crippen LogP contribution in [0.25, 0.3) is 0 Å². The van der Waals surface area contributed by atoms with Gasteiger partial charge in [-0.1, -0.05) is 0 Å². The van der Waals surface area contributed by atoms with E-state index < -0.39 is 0 Å². The van der Waals surface area contributed by atoms with Crippen LogP contribution in [-0.4, -0.2) is 0 Å². The van der Waals surface area contributed by atoms with Crippen molar-refractivity contribution < 1.29 is 11.7 Å². The first-order valence-electron chi connectivity index (χ1n) is 0.289. The van der Waals surface area contributed by atoms with Crippen molar-refractivity contribution >= 4 is 21.1 Å². The molecule has 0 bridgehead atoms. The van der Waals surface area contributed by atoms with Crippen LogP contribution in [0.2, 0.25) is 0 Å². The van der Waals surface area contributed by atoms with Gasteiger partial charge in [0, 0.05) is 7.43 Å².